The molecule has 6 nitrogen and oxygen atoms in total. The van der Waals surface area contributed by atoms with Crippen molar-refractivity contribution in [2.75, 3.05) is 43.0 Å². The molecule has 2 fully saturated rings. The quantitative estimate of drug-likeness (QED) is 0.885. The third-order valence-corrected chi connectivity index (χ3v) is 6.01. The van der Waals surface area contributed by atoms with Crippen molar-refractivity contribution in [3.8, 4) is 0 Å². The van der Waals surface area contributed by atoms with Gasteiger partial charge in [-0.2, -0.15) is 0 Å². The molecule has 1 aromatic rings. The number of hydrogen-bond donors (Lipinski definition) is 1. The largest absolute Gasteiger partial charge is 0.368 e. The topological polar surface area (TPSA) is 55.9 Å². The van der Waals surface area contributed by atoms with Crippen molar-refractivity contribution in [3.05, 3.63) is 23.8 Å². The number of amides is 3. The van der Waals surface area contributed by atoms with Crippen LogP contribution in [-0.2, 0) is 11.2 Å². The van der Waals surface area contributed by atoms with Gasteiger partial charge in [-0.15, -0.1) is 0 Å². The standard InChI is InChI=1S/C20H28N4O2/c1-22-18-8-7-17(13-15(18)14-19(22)25)23-9-11-24(12-10-23)20(26)21-16-5-3-2-4-6-16/h7-8,13,16H,2-6,9-12,14H2,1H3,(H,21,26). The molecule has 0 bridgehead atoms. The Morgan fingerprint density at radius 3 is 2.54 bits per heavy atom. The number of rotatable bonds is 2. The summed E-state index contributed by atoms with van der Waals surface area (Å²) in [6, 6.07) is 6.72. The van der Waals surface area contributed by atoms with E-state index in [0.717, 1.165) is 56.0 Å². The number of fused-ring (bicyclic) bond motifs is 1. The Morgan fingerprint density at radius 2 is 1.81 bits per heavy atom. The Kier molecular flexibility index (Phi) is 4.74. The zero-order valence-electron chi connectivity index (χ0n) is 15.5. The maximum Gasteiger partial charge on any atom is 0.317 e. The molecule has 3 aliphatic rings. The van der Waals surface area contributed by atoms with E-state index in [2.05, 4.69) is 22.3 Å². The fraction of sp³-hybridized carbons (Fsp3) is 0.600. The third-order valence-electron chi connectivity index (χ3n) is 6.01. The Hall–Kier alpha value is -2.24. The van der Waals surface area contributed by atoms with Gasteiger partial charge >= 0.3 is 6.03 Å². The summed E-state index contributed by atoms with van der Waals surface area (Å²) in [7, 11) is 1.83. The van der Waals surface area contributed by atoms with Gasteiger partial charge in [0.05, 0.1) is 6.42 Å². The number of benzene rings is 1. The minimum Gasteiger partial charge on any atom is -0.368 e. The Bertz CT molecular complexity index is 691. The number of carbonyl (C=O) groups is 2. The van der Waals surface area contributed by atoms with Gasteiger partial charge in [0.2, 0.25) is 5.91 Å². The van der Waals surface area contributed by atoms with E-state index in [1.54, 1.807) is 4.90 Å². The summed E-state index contributed by atoms with van der Waals surface area (Å²) in [5.41, 5.74) is 3.27. The van der Waals surface area contributed by atoms with E-state index in [1.165, 1.54) is 19.3 Å². The zero-order valence-corrected chi connectivity index (χ0v) is 15.5. The number of urea groups is 1. The van der Waals surface area contributed by atoms with Gasteiger partial charge < -0.3 is 20.0 Å². The summed E-state index contributed by atoms with van der Waals surface area (Å²) >= 11 is 0. The van der Waals surface area contributed by atoms with Crippen LogP contribution in [0.4, 0.5) is 16.2 Å². The lowest BCUT2D eigenvalue weighted by Gasteiger charge is -2.37. The van der Waals surface area contributed by atoms with E-state index in [4.69, 9.17) is 0 Å². The summed E-state index contributed by atoms with van der Waals surface area (Å²) in [4.78, 5) is 30.3. The van der Waals surface area contributed by atoms with Crippen LogP contribution in [0.2, 0.25) is 0 Å². The van der Waals surface area contributed by atoms with Crippen LogP contribution in [0.25, 0.3) is 0 Å². The summed E-state index contributed by atoms with van der Waals surface area (Å²) in [5, 5.41) is 3.21. The molecule has 1 N–H and O–H groups in total. The average Bonchev–Trinajstić information content (AvgIpc) is 2.96. The fourth-order valence-corrected chi connectivity index (χ4v) is 4.33. The Labute approximate surface area is 155 Å². The molecule has 2 heterocycles. The van der Waals surface area contributed by atoms with Crippen molar-refractivity contribution in [1.82, 2.24) is 10.2 Å². The normalized spacial score (nSPS) is 21.1. The predicted molar refractivity (Wildman–Crippen MR) is 103 cm³/mol. The van der Waals surface area contributed by atoms with Gasteiger partial charge in [-0.05, 0) is 36.6 Å². The first-order valence-electron chi connectivity index (χ1n) is 9.82. The monoisotopic (exact) mass is 356 g/mol. The van der Waals surface area contributed by atoms with Gasteiger partial charge in [-0.25, -0.2) is 4.79 Å². The lowest BCUT2D eigenvalue weighted by Crippen LogP contribution is -2.53. The van der Waals surface area contributed by atoms with E-state index in [-0.39, 0.29) is 11.9 Å². The molecule has 26 heavy (non-hydrogen) atoms. The van der Waals surface area contributed by atoms with E-state index in [0.29, 0.717) is 12.5 Å². The minimum atomic E-state index is 0.0951. The van der Waals surface area contributed by atoms with Crippen LogP contribution in [-0.4, -0.2) is 56.1 Å². The maximum atomic E-state index is 12.5. The predicted octanol–water partition coefficient (Wildman–Crippen LogP) is 2.37. The van der Waals surface area contributed by atoms with Crippen LogP contribution in [0, 0.1) is 0 Å². The highest BCUT2D eigenvalue weighted by atomic mass is 16.2. The van der Waals surface area contributed by atoms with E-state index in [9.17, 15) is 9.59 Å². The molecule has 0 atom stereocenters. The number of anilines is 2. The third kappa shape index (κ3) is 3.37. The van der Waals surface area contributed by atoms with Gasteiger partial charge in [-0.3, -0.25) is 4.79 Å². The Balaban J connectivity index is 1.33. The second kappa shape index (κ2) is 7.17. The van der Waals surface area contributed by atoms with Crippen molar-refractivity contribution < 1.29 is 9.59 Å². The number of piperazine rings is 1. The van der Waals surface area contributed by atoms with Crippen LogP contribution in [0.5, 0.6) is 0 Å². The first-order valence-corrected chi connectivity index (χ1v) is 9.82. The van der Waals surface area contributed by atoms with Crippen LogP contribution >= 0.6 is 0 Å². The zero-order chi connectivity index (χ0) is 18.1. The molecule has 1 saturated carbocycles. The van der Waals surface area contributed by atoms with Gasteiger partial charge in [0.15, 0.2) is 0 Å². The smallest absolute Gasteiger partial charge is 0.317 e. The molecule has 140 valence electrons. The van der Waals surface area contributed by atoms with Crippen LogP contribution in [0.15, 0.2) is 18.2 Å². The summed E-state index contributed by atoms with van der Waals surface area (Å²) in [6.07, 6.45) is 6.49. The number of nitrogens with one attached hydrogen (secondary N) is 1. The molecule has 1 aromatic carbocycles. The molecular formula is C20H28N4O2. The van der Waals surface area contributed by atoms with Gasteiger partial charge in [0.1, 0.15) is 0 Å². The molecule has 0 spiro atoms. The summed E-state index contributed by atoms with van der Waals surface area (Å²) in [6.45, 7) is 3.16. The number of carbonyl (C=O) groups excluding carboxylic acids is 2. The minimum absolute atomic E-state index is 0.0951. The molecule has 1 aliphatic carbocycles. The van der Waals surface area contributed by atoms with Crippen molar-refractivity contribution >= 4 is 23.3 Å². The van der Waals surface area contributed by atoms with Gasteiger partial charge in [0, 0.05) is 50.6 Å². The first-order chi connectivity index (χ1) is 12.6. The molecule has 0 unspecified atom stereocenters. The van der Waals surface area contributed by atoms with E-state index >= 15 is 0 Å². The maximum absolute atomic E-state index is 12.5. The number of likely N-dealkylation sites (N-methyl/N-ethyl adjacent to an activating group) is 1. The Morgan fingerprint density at radius 1 is 1.08 bits per heavy atom. The average molecular weight is 356 g/mol. The molecule has 1 saturated heterocycles. The van der Waals surface area contributed by atoms with E-state index < -0.39 is 0 Å². The molecule has 0 radical (unpaired) electrons. The van der Waals surface area contributed by atoms with Crippen molar-refractivity contribution in [3.63, 3.8) is 0 Å². The fourth-order valence-electron chi connectivity index (χ4n) is 4.33. The molecule has 3 amide bonds. The summed E-state index contributed by atoms with van der Waals surface area (Å²) < 4.78 is 0. The van der Waals surface area contributed by atoms with Crippen molar-refractivity contribution in [2.24, 2.45) is 0 Å². The molecule has 4 rings (SSSR count). The second-order valence-corrected chi connectivity index (χ2v) is 7.70. The molecular weight excluding hydrogens is 328 g/mol. The number of hydrogen-bond acceptors (Lipinski definition) is 3. The molecule has 2 aliphatic heterocycles. The lowest BCUT2D eigenvalue weighted by atomic mass is 9.96. The highest BCUT2D eigenvalue weighted by Crippen LogP contribution is 2.31. The first kappa shape index (κ1) is 17.2. The lowest BCUT2D eigenvalue weighted by molar-refractivity contribution is -0.117. The highest BCUT2D eigenvalue weighted by molar-refractivity contribution is 6.01. The van der Waals surface area contributed by atoms with Crippen LogP contribution < -0.4 is 15.1 Å². The van der Waals surface area contributed by atoms with Crippen molar-refractivity contribution in [2.45, 2.75) is 44.6 Å². The highest BCUT2D eigenvalue weighted by Gasteiger charge is 2.27. The van der Waals surface area contributed by atoms with Gasteiger partial charge in [-0.1, -0.05) is 19.3 Å². The summed E-state index contributed by atoms with van der Waals surface area (Å²) in [5.74, 6) is 0.154. The van der Waals surface area contributed by atoms with Gasteiger partial charge in [0.25, 0.3) is 0 Å². The SMILES string of the molecule is CN1C(=O)Cc2cc(N3CCN(C(=O)NC4CCCCC4)CC3)ccc21. The van der Waals surface area contributed by atoms with Crippen LogP contribution in [0.3, 0.4) is 0 Å². The van der Waals surface area contributed by atoms with Crippen molar-refractivity contribution in [1.29, 1.82) is 0 Å². The van der Waals surface area contributed by atoms with E-state index in [1.807, 2.05) is 18.0 Å². The van der Waals surface area contributed by atoms with Crippen LogP contribution in [0.1, 0.15) is 37.7 Å². The molecule has 6 heteroatoms. The molecule has 0 aromatic heterocycles. The number of nitrogens with zero attached hydrogens (tertiary/aromatic N) is 3. The second-order valence-electron chi connectivity index (χ2n) is 7.70.